The second-order valence-corrected chi connectivity index (χ2v) is 8.01. The molecule has 4 unspecified atom stereocenters. The van der Waals surface area contributed by atoms with E-state index in [1.54, 1.807) is 0 Å². The monoisotopic (exact) mass is 402 g/mol. The summed E-state index contributed by atoms with van der Waals surface area (Å²) in [6, 6.07) is 4.88. The van der Waals surface area contributed by atoms with Gasteiger partial charge < -0.3 is 10.2 Å². The average molecular weight is 402 g/mol. The molecule has 8 heteroatoms. The summed E-state index contributed by atoms with van der Waals surface area (Å²) in [5.74, 6) is -6.01. The predicted molar refractivity (Wildman–Crippen MR) is 103 cm³/mol. The summed E-state index contributed by atoms with van der Waals surface area (Å²) >= 11 is 0. The maximum absolute atomic E-state index is 13.2. The Bertz CT molecular complexity index is 882. The van der Waals surface area contributed by atoms with Crippen LogP contribution in [0.15, 0.2) is 18.2 Å². The number of hydrogen-bond donors (Lipinski definition) is 3. The quantitative estimate of drug-likeness (QED) is 0.592. The molecule has 0 radical (unpaired) electrons. The normalized spacial score (nSPS) is 28.7. The van der Waals surface area contributed by atoms with E-state index in [2.05, 4.69) is 5.32 Å². The molecule has 0 spiro atoms. The number of amides is 2. The number of aryl methyl sites for hydroxylation is 2. The second kappa shape index (κ2) is 7.59. The average Bonchev–Trinajstić information content (AvgIpc) is 3.10. The van der Waals surface area contributed by atoms with E-state index in [4.69, 9.17) is 0 Å². The van der Waals surface area contributed by atoms with E-state index < -0.39 is 53.6 Å². The number of likely N-dealkylation sites (tertiary alicyclic amines) is 1. The molecular formula is C21H26N2O6. The van der Waals surface area contributed by atoms with Crippen molar-refractivity contribution in [2.45, 2.75) is 51.6 Å². The largest absolute Gasteiger partial charge is 0.481 e. The topological polar surface area (TPSA) is 124 Å². The zero-order chi connectivity index (χ0) is 21.5. The Labute approximate surface area is 168 Å². The van der Waals surface area contributed by atoms with Crippen LogP contribution >= 0.6 is 0 Å². The fraction of sp³-hybridized carbons (Fsp3) is 0.524. The Hall–Kier alpha value is -2.74. The van der Waals surface area contributed by atoms with E-state index >= 15 is 0 Å². The summed E-state index contributed by atoms with van der Waals surface area (Å²) in [6.45, 7) is 5.87. The van der Waals surface area contributed by atoms with E-state index in [0.29, 0.717) is 12.0 Å². The van der Waals surface area contributed by atoms with Gasteiger partial charge in [0, 0.05) is 12.6 Å². The molecule has 2 amide bonds. The highest BCUT2D eigenvalue weighted by Crippen LogP contribution is 2.50. The molecule has 29 heavy (non-hydrogen) atoms. The number of unbranched alkanes of at least 4 members (excludes halogenated alkanes) is 1. The van der Waals surface area contributed by atoms with Gasteiger partial charge in [0.2, 0.25) is 11.8 Å². The van der Waals surface area contributed by atoms with E-state index in [9.17, 15) is 29.4 Å². The maximum Gasteiger partial charge on any atom is 0.325 e. The van der Waals surface area contributed by atoms with Crippen molar-refractivity contribution in [2.24, 2.45) is 11.8 Å². The van der Waals surface area contributed by atoms with Crippen LogP contribution in [0.4, 0.5) is 0 Å². The molecule has 156 valence electrons. The smallest absolute Gasteiger partial charge is 0.325 e. The molecule has 4 atom stereocenters. The van der Waals surface area contributed by atoms with Gasteiger partial charge in [0.1, 0.15) is 5.54 Å². The number of nitrogens with one attached hydrogen (secondary N) is 1. The molecule has 0 aromatic heterocycles. The number of rotatable bonds is 7. The first-order valence-electron chi connectivity index (χ1n) is 9.79. The lowest BCUT2D eigenvalue weighted by Crippen LogP contribution is -2.57. The summed E-state index contributed by atoms with van der Waals surface area (Å²) in [7, 11) is 0. The Morgan fingerprint density at radius 1 is 1.17 bits per heavy atom. The molecule has 1 aromatic carbocycles. The highest BCUT2D eigenvalue weighted by molar-refractivity contribution is 6.10. The van der Waals surface area contributed by atoms with Crippen LogP contribution in [0.3, 0.4) is 0 Å². The summed E-state index contributed by atoms with van der Waals surface area (Å²) in [4.78, 5) is 51.3. The molecule has 0 bridgehead atoms. The molecular weight excluding hydrogens is 376 g/mol. The third-order valence-corrected chi connectivity index (χ3v) is 6.06. The zero-order valence-corrected chi connectivity index (χ0v) is 16.8. The lowest BCUT2D eigenvalue weighted by molar-refractivity contribution is -0.156. The molecule has 0 saturated carbocycles. The third-order valence-electron chi connectivity index (χ3n) is 6.06. The van der Waals surface area contributed by atoms with Gasteiger partial charge in [-0.15, -0.1) is 0 Å². The van der Waals surface area contributed by atoms with Gasteiger partial charge in [0.15, 0.2) is 0 Å². The van der Waals surface area contributed by atoms with Crippen molar-refractivity contribution < 1.29 is 29.4 Å². The van der Waals surface area contributed by atoms with Crippen molar-refractivity contribution >= 4 is 23.8 Å². The molecule has 3 rings (SSSR count). The molecule has 2 aliphatic heterocycles. The van der Waals surface area contributed by atoms with E-state index in [1.807, 2.05) is 39.0 Å². The maximum atomic E-state index is 13.2. The van der Waals surface area contributed by atoms with Crippen LogP contribution in [0, 0.1) is 25.7 Å². The van der Waals surface area contributed by atoms with Crippen molar-refractivity contribution in [3.05, 3.63) is 34.9 Å². The van der Waals surface area contributed by atoms with Crippen molar-refractivity contribution in [3.8, 4) is 0 Å². The summed E-state index contributed by atoms with van der Waals surface area (Å²) < 4.78 is 0. The Kier molecular flexibility index (Phi) is 5.49. The first-order valence-corrected chi connectivity index (χ1v) is 9.79. The fourth-order valence-electron chi connectivity index (χ4n) is 4.63. The minimum atomic E-state index is -2.04. The Balaban J connectivity index is 2.16. The molecule has 2 heterocycles. The van der Waals surface area contributed by atoms with Gasteiger partial charge in [-0.3, -0.25) is 29.4 Å². The molecule has 2 saturated heterocycles. The first kappa shape index (κ1) is 21.0. The van der Waals surface area contributed by atoms with Gasteiger partial charge >= 0.3 is 11.9 Å². The minimum Gasteiger partial charge on any atom is -0.481 e. The predicted octanol–water partition coefficient (Wildman–Crippen LogP) is 1.65. The Morgan fingerprint density at radius 3 is 2.45 bits per heavy atom. The van der Waals surface area contributed by atoms with Crippen LogP contribution in [0.1, 0.15) is 48.9 Å². The van der Waals surface area contributed by atoms with E-state index in [1.165, 1.54) is 0 Å². The molecule has 2 aliphatic rings. The number of carbonyl (C=O) groups excluding carboxylic acids is 2. The van der Waals surface area contributed by atoms with Crippen LogP contribution in [-0.4, -0.2) is 50.9 Å². The number of fused-ring (bicyclic) bond motifs is 1. The van der Waals surface area contributed by atoms with Crippen LogP contribution in [-0.2, 0) is 19.2 Å². The molecule has 3 N–H and O–H groups in total. The summed E-state index contributed by atoms with van der Waals surface area (Å²) in [5, 5.41) is 22.3. The minimum absolute atomic E-state index is 0.212. The van der Waals surface area contributed by atoms with Gasteiger partial charge in [0.05, 0.1) is 18.3 Å². The number of nitrogens with zero attached hydrogens (tertiary/aromatic N) is 1. The van der Waals surface area contributed by atoms with Gasteiger partial charge in [-0.1, -0.05) is 37.1 Å². The van der Waals surface area contributed by atoms with Crippen molar-refractivity contribution in [3.63, 3.8) is 0 Å². The number of carboxylic acid groups (broad SMARTS) is 2. The van der Waals surface area contributed by atoms with Gasteiger partial charge in [0.25, 0.3) is 0 Å². The molecule has 2 fully saturated rings. The van der Waals surface area contributed by atoms with Gasteiger partial charge in [-0.25, -0.2) is 0 Å². The SMILES string of the molecule is CCCCN1C(=O)C2C(c3cc(C)ccc3C)NC(CC(=O)O)(C(=O)O)C2C1=O. The lowest BCUT2D eigenvalue weighted by Gasteiger charge is -2.30. The number of carboxylic acids is 2. The van der Waals surface area contributed by atoms with Crippen LogP contribution in [0.2, 0.25) is 0 Å². The van der Waals surface area contributed by atoms with Crippen LogP contribution in [0.5, 0.6) is 0 Å². The molecule has 1 aromatic rings. The highest BCUT2D eigenvalue weighted by atomic mass is 16.4. The second-order valence-electron chi connectivity index (χ2n) is 8.01. The van der Waals surface area contributed by atoms with Crippen molar-refractivity contribution in [1.82, 2.24) is 10.2 Å². The van der Waals surface area contributed by atoms with Crippen molar-refractivity contribution in [2.75, 3.05) is 6.54 Å². The van der Waals surface area contributed by atoms with E-state index in [-0.39, 0.29) is 6.54 Å². The van der Waals surface area contributed by atoms with Crippen LogP contribution < -0.4 is 5.32 Å². The van der Waals surface area contributed by atoms with E-state index in [0.717, 1.165) is 22.4 Å². The lowest BCUT2D eigenvalue weighted by atomic mass is 9.77. The summed E-state index contributed by atoms with van der Waals surface area (Å²) in [6.07, 6.45) is 0.591. The Morgan fingerprint density at radius 2 is 1.86 bits per heavy atom. The molecule has 8 nitrogen and oxygen atoms in total. The first-order chi connectivity index (χ1) is 13.6. The van der Waals surface area contributed by atoms with Gasteiger partial charge in [-0.05, 0) is 31.4 Å². The standard InChI is InChI=1S/C21H26N2O6/c1-4-5-8-23-18(26)15-16(19(23)27)21(20(28)29,10-14(24)25)22-17(15)13-9-11(2)6-7-12(13)3/h6-7,9,15-17,22H,4-5,8,10H2,1-3H3,(H,24,25)(H,28,29). The van der Waals surface area contributed by atoms with Crippen molar-refractivity contribution in [1.29, 1.82) is 0 Å². The number of benzene rings is 1. The number of aliphatic carboxylic acids is 2. The number of hydrogen-bond acceptors (Lipinski definition) is 5. The molecule has 0 aliphatic carbocycles. The number of imide groups is 1. The fourth-order valence-corrected chi connectivity index (χ4v) is 4.63. The highest BCUT2D eigenvalue weighted by Gasteiger charge is 2.69. The zero-order valence-electron chi connectivity index (χ0n) is 16.8. The van der Waals surface area contributed by atoms with Crippen LogP contribution in [0.25, 0.3) is 0 Å². The summed E-state index contributed by atoms with van der Waals surface area (Å²) in [5.41, 5.74) is 0.447. The van der Waals surface area contributed by atoms with Gasteiger partial charge in [-0.2, -0.15) is 0 Å². The third kappa shape index (κ3) is 3.31. The number of carbonyl (C=O) groups is 4.